The predicted molar refractivity (Wildman–Crippen MR) is 24.6 cm³/mol. The smallest absolute Gasteiger partial charge is 0.0306 e. The number of rotatable bonds is 0. The Labute approximate surface area is 32.1 Å². The summed E-state index contributed by atoms with van der Waals surface area (Å²) in [7, 11) is 0. The van der Waals surface area contributed by atoms with Crippen molar-refractivity contribution in [3.63, 3.8) is 0 Å². The third-order valence-corrected chi connectivity index (χ3v) is 0. The molecule has 0 bridgehead atoms. The van der Waals surface area contributed by atoms with E-state index in [4.69, 9.17) is 5.41 Å². The Morgan fingerprint density at radius 1 is 1.40 bits per heavy atom. The van der Waals surface area contributed by atoms with E-state index in [1.807, 2.05) is 0 Å². The lowest BCUT2D eigenvalue weighted by atomic mass is 11.2. The fourth-order valence-electron chi connectivity index (χ4n) is 0. The van der Waals surface area contributed by atoms with E-state index in [0.717, 1.165) is 0 Å². The standard InChI is InChI=1S/C2H3N.C2H4/c1-2-3;1-2/h3H,1H2;1-2H2. The third-order valence-electron chi connectivity index (χ3n) is 0. The predicted octanol–water partition coefficient (Wildman–Crippen LogP) is 1.22. The van der Waals surface area contributed by atoms with Crippen molar-refractivity contribution >= 4 is 5.87 Å². The first-order chi connectivity index (χ1) is 2.41. The quantitative estimate of drug-likeness (QED) is 0.326. The normalized spacial score (nSPS) is 2.40. The van der Waals surface area contributed by atoms with Crippen molar-refractivity contribution in [2.24, 2.45) is 0 Å². The largest absolute Gasteiger partial charge is 0.259 e. The van der Waals surface area contributed by atoms with Crippen LogP contribution in [0.1, 0.15) is 0 Å². The van der Waals surface area contributed by atoms with Crippen LogP contribution in [0.5, 0.6) is 0 Å². The second kappa shape index (κ2) is 424. The van der Waals surface area contributed by atoms with E-state index in [2.05, 4.69) is 19.7 Å². The molecule has 0 rings (SSSR count). The van der Waals surface area contributed by atoms with E-state index in [0.29, 0.717) is 0 Å². The Hall–Kier alpha value is -0.810. The monoisotopic (exact) mass is 69.1 g/mol. The van der Waals surface area contributed by atoms with Crippen LogP contribution in [-0.2, 0) is 0 Å². The summed E-state index contributed by atoms with van der Waals surface area (Å²) in [6, 6.07) is 0. The van der Waals surface area contributed by atoms with E-state index in [-0.39, 0.29) is 0 Å². The van der Waals surface area contributed by atoms with Gasteiger partial charge in [0.15, 0.2) is 0 Å². The second-order valence-electron chi connectivity index (χ2n) is 0.177. The van der Waals surface area contributed by atoms with E-state index in [1.54, 1.807) is 5.87 Å². The summed E-state index contributed by atoms with van der Waals surface area (Å²) in [5, 5.41) is 5.85. The van der Waals surface area contributed by atoms with Gasteiger partial charge < -0.3 is 0 Å². The summed E-state index contributed by atoms with van der Waals surface area (Å²) < 4.78 is 0. The molecule has 0 spiro atoms. The summed E-state index contributed by atoms with van der Waals surface area (Å²) in [5.74, 6) is 1.75. The molecule has 0 amide bonds. The van der Waals surface area contributed by atoms with Gasteiger partial charge in [-0.15, -0.1) is 13.2 Å². The van der Waals surface area contributed by atoms with Crippen molar-refractivity contribution in [3.8, 4) is 0 Å². The number of hydrogen-bond acceptors (Lipinski definition) is 1. The van der Waals surface area contributed by atoms with Crippen LogP contribution in [0, 0.1) is 5.41 Å². The Balaban J connectivity index is 0. The zero-order valence-corrected chi connectivity index (χ0v) is 3.12. The molecule has 0 atom stereocenters. The molecule has 0 saturated carbocycles. The molecule has 0 radical (unpaired) electrons. The number of hydrogen-bond donors (Lipinski definition) is 1. The zero-order chi connectivity index (χ0) is 4.71. The molecular formula is C4H7N. The highest BCUT2D eigenvalue weighted by atomic mass is 14.3. The van der Waals surface area contributed by atoms with Crippen molar-refractivity contribution in [2.45, 2.75) is 0 Å². The molecule has 0 aliphatic carbocycles. The minimum atomic E-state index is 1.75. The molecular weight excluding hydrogens is 62.1 g/mol. The van der Waals surface area contributed by atoms with Gasteiger partial charge in [0, 0.05) is 0 Å². The van der Waals surface area contributed by atoms with Gasteiger partial charge in [-0.2, -0.15) is 0 Å². The van der Waals surface area contributed by atoms with Crippen molar-refractivity contribution in [3.05, 3.63) is 19.7 Å². The SMILES string of the molecule is C=C.C=C=N. The van der Waals surface area contributed by atoms with Crippen LogP contribution in [-0.4, -0.2) is 5.87 Å². The minimum Gasteiger partial charge on any atom is -0.259 e. The number of nitrogens with one attached hydrogen (secondary N) is 1. The van der Waals surface area contributed by atoms with Crippen LogP contribution < -0.4 is 0 Å². The molecule has 0 aromatic rings. The molecule has 0 aromatic carbocycles. The van der Waals surface area contributed by atoms with Gasteiger partial charge in [0.25, 0.3) is 0 Å². The van der Waals surface area contributed by atoms with Gasteiger partial charge in [0.05, 0.1) is 0 Å². The van der Waals surface area contributed by atoms with Crippen LogP contribution in [0.25, 0.3) is 0 Å². The Morgan fingerprint density at radius 3 is 1.40 bits per heavy atom. The molecule has 0 unspecified atom stereocenters. The van der Waals surface area contributed by atoms with Gasteiger partial charge in [-0.25, -0.2) is 0 Å². The maximum Gasteiger partial charge on any atom is -0.0306 e. The maximum absolute atomic E-state index is 5.85. The molecule has 0 aliphatic heterocycles. The zero-order valence-electron chi connectivity index (χ0n) is 3.12. The summed E-state index contributed by atoms with van der Waals surface area (Å²) in [6.45, 7) is 8.90. The topological polar surface area (TPSA) is 23.9 Å². The first-order valence-electron chi connectivity index (χ1n) is 1.10. The fourth-order valence-corrected chi connectivity index (χ4v) is 0. The van der Waals surface area contributed by atoms with Crippen LogP contribution in [0.15, 0.2) is 19.7 Å². The van der Waals surface area contributed by atoms with Gasteiger partial charge in [0.1, 0.15) is 0 Å². The minimum absolute atomic E-state index is 1.75. The average molecular weight is 69.1 g/mol. The molecule has 1 nitrogen and oxygen atoms in total. The van der Waals surface area contributed by atoms with Crippen molar-refractivity contribution in [2.75, 3.05) is 0 Å². The maximum atomic E-state index is 5.85. The molecule has 0 saturated heterocycles. The van der Waals surface area contributed by atoms with Gasteiger partial charge in [-0.3, -0.25) is 5.41 Å². The van der Waals surface area contributed by atoms with Crippen LogP contribution in [0.4, 0.5) is 0 Å². The Morgan fingerprint density at radius 2 is 1.40 bits per heavy atom. The van der Waals surface area contributed by atoms with Crippen molar-refractivity contribution < 1.29 is 0 Å². The summed E-state index contributed by atoms with van der Waals surface area (Å²) in [6.07, 6.45) is 0. The van der Waals surface area contributed by atoms with Gasteiger partial charge in [-0.05, 0) is 12.4 Å². The van der Waals surface area contributed by atoms with Crippen molar-refractivity contribution in [1.29, 1.82) is 5.41 Å². The fraction of sp³-hybridized carbons (Fsp3) is 0. The molecule has 1 N–H and O–H groups in total. The molecule has 1 heteroatoms. The molecule has 5 heavy (non-hydrogen) atoms. The molecule has 0 fully saturated rings. The van der Waals surface area contributed by atoms with Crippen molar-refractivity contribution in [1.82, 2.24) is 0 Å². The third kappa shape index (κ3) is 6.89. The molecule has 0 aromatic heterocycles. The first kappa shape index (κ1) is 8.89. The summed E-state index contributed by atoms with van der Waals surface area (Å²) >= 11 is 0. The summed E-state index contributed by atoms with van der Waals surface area (Å²) in [4.78, 5) is 0. The van der Waals surface area contributed by atoms with E-state index in [1.165, 1.54) is 0 Å². The van der Waals surface area contributed by atoms with Crippen LogP contribution in [0.3, 0.4) is 0 Å². The Bertz CT molecular complexity index is 32.9. The lowest BCUT2D eigenvalue weighted by Gasteiger charge is -1.10. The lowest BCUT2D eigenvalue weighted by Crippen LogP contribution is -1.10. The first-order valence-corrected chi connectivity index (χ1v) is 1.10. The van der Waals surface area contributed by atoms with E-state index >= 15 is 0 Å². The Kier molecular flexibility index (Phi) is 754. The van der Waals surface area contributed by atoms with E-state index in [9.17, 15) is 0 Å². The highest BCUT2D eigenvalue weighted by Gasteiger charge is 0.918. The van der Waals surface area contributed by atoms with Crippen LogP contribution in [0.2, 0.25) is 0 Å². The van der Waals surface area contributed by atoms with Gasteiger partial charge >= 0.3 is 0 Å². The average Bonchev–Trinajstić information content (AvgIpc) is 1.46. The summed E-state index contributed by atoms with van der Waals surface area (Å²) in [5.41, 5.74) is 0. The molecule has 28 valence electrons. The lowest BCUT2D eigenvalue weighted by molar-refractivity contribution is 1.60. The molecule has 0 aliphatic rings. The highest BCUT2D eigenvalue weighted by Crippen LogP contribution is 0.942. The van der Waals surface area contributed by atoms with Crippen LogP contribution >= 0.6 is 0 Å². The molecule has 0 heterocycles. The second-order valence-corrected chi connectivity index (χ2v) is 0.177. The van der Waals surface area contributed by atoms with E-state index < -0.39 is 0 Å². The van der Waals surface area contributed by atoms with Gasteiger partial charge in [-0.1, -0.05) is 0 Å². The van der Waals surface area contributed by atoms with Gasteiger partial charge in [0.2, 0.25) is 0 Å². The highest BCUT2D eigenvalue weighted by molar-refractivity contribution is 5.41.